The molecular weight excluding hydrogens is 338 g/mol. The average Bonchev–Trinajstić information content (AvgIpc) is 2.55. The number of rotatable bonds is 7. The van der Waals surface area contributed by atoms with Crippen LogP contribution in [0, 0.1) is 0 Å². The van der Waals surface area contributed by atoms with Crippen LogP contribution < -0.4 is 9.46 Å². The summed E-state index contributed by atoms with van der Waals surface area (Å²) < 4.78 is 32.2. The van der Waals surface area contributed by atoms with Gasteiger partial charge in [0.1, 0.15) is 5.75 Å². The average molecular weight is 361 g/mol. The third-order valence-electron chi connectivity index (χ3n) is 3.85. The molecule has 0 saturated carbocycles. The summed E-state index contributed by atoms with van der Waals surface area (Å²) in [5, 5.41) is 0. The fraction of sp³-hybridized carbons (Fsp3) is 0.316. The number of nitrogens with one attached hydrogen (secondary N) is 1. The summed E-state index contributed by atoms with van der Waals surface area (Å²) in [5.41, 5.74) is 0.503. The zero-order chi connectivity index (χ0) is 18.5. The molecule has 0 atom stereocenters. The Morgan fingerprint density at radius 2 is 1.64 bits per heavy atom. The molecule has 0 heterocycles. The standard InChI is InChI=1S/C19H23NO4S/c1-4-24-16-10-12-17(13-11-16)25(22,23)20-18(21)14-19(2,3)15-8-6-5-7-9-15/h5-13H,4,14H2,1-3H3,(H,20,21). The van der Waals surface area contributed by atoms with Gasteiger partial charge in [0.25, 0.3) is 10.0 Å². The van der Waals surface area contributed by atoms with Gasteiger partial charge in [-0.2, -0.15) is 0 Å². The molecule has 25 heavy (non-hydrogen) atoms. The van der Waals surface area contributed by atoms with E-state index in [2.05, 4.69) is 4.72 Å². The zero-order valence-electron chi connectivity index (χ0n) is 14.7. The zero-order valence-corrected chi connectivity index (χ0v) is 15.5. The minimum atomic E-state index is -3.90. The molecule has 5 nitrogen and oxygen atoms in total. The van der Waals surface area contributed by atoms with E-state index >= 15 is 0 Å². The van der Waals surface area contributed by atoms with Crippen LogP contribution in [0.2, 0.25) is 0 Å². The number of benzene rings is 2. The van der Waals surface area contributed by atoms with Gasteiger partial charge in [-0.25, -0.2) is 13.1 Å². The van der Waals surface area contributed by atoms with Crippen molar-refractivity contribution in [1.29, 1.82) is 0 Å². The minimum Gasteiger partial charge on any atom is -0.494 e. The second-order valence-electron chi connectivity index (χ2n) is 6.36. The molecule has 0 aliphatic rings. The lowest BCUT2D eigenvalue weighted by Gasteiger charge is -2.24. The smallest absolute Gasteiger partial charge is 0.264 e. The van der Waals surface area contributed by atoms with Crippen LogP contribution in [0.25, 0.3) is 0 Å². The van der Waals surface area contributed by atoms with Crippen molar-refractivity contribution in [3.8, 4) is 5.75 Å². The number of ether oxygens (including phenoxy) is 1. The van der Waals surface area contributed by atoms with E-state index in [0.717, 1.165) is 5.56 Å². The molecule has 0 bridgehead atoms. The topological polar surface area (TPSA) is 72.5 Å². The van der Waals surface area contributed by atoms with Gasteiger partial charge in [-0.3, -0.25) is 4.79 Å². The molecule has 2 rings (SSSR count). The quantitative estimate of drug-likeness (QED) is 0.822. The first-order valence-corrected chi connectivity index (χ1v) is 9.57. The molecule has 0 aliphatic carbocycles. The highest BCUT2D eigenvalue weighted by Crippen LogP contribution is 2.27. The Bertz CT molecular complexity index is 812. The summed E-state index contributed by atoms with van der Waals surface area (Å²) >= 11 is 0. The molecule has 2 aromatic rings. The normalized spacial score (nSPS) is 11.8. The fourth-order valence-corrected chi connectivity index (χ4v) is 3.50. The summed E-state index contributed by atoms with van der Waals surface area (Å²) in [6, 6.07) is 15.5. The molecule has 0 saturated heterocycles. The van der Waals surface area contributed by atoms with Crippen molar-refractivity contribution in [2.24, 2.45) is 0 Å². The highest BCUT2D eigenvalue weighted by molar-refractivity contribution is 7.90. The predicted molar refractivity (Wildman–Crippen MR) is 97.0 cm³/mol. The van der Waals surface area contributed by atoms with E-state index in [4.69, 9.17) is 4.74 Å². The predicted octanol–water partition coefficient (Wildman–Crippen LogP) is 3.26. The van der Waals surface area contributed by atoms with Gasteiger partial charge < -0.3 is 4.74 Å². The molecule has 134 valence electrons. The van der Waals surface area contributed by atoms with E-state index in [1.165, 1.54) is 12.1 Å². The van der Waals surface area contributed by atoms with Gasteiger partial charge in [-0.1, -0.05) is 44.2 Å². The second-order valence-corrected chi connectivity index (χ2v) is 8.04. The van der Waals surface area contributed by atoms with Crippen LogP contribution in [0.4, 0.5) is 0 Å². The van der Waals surface area contributed by atoms with Gasteiger partial charge in [0, 0.05) is 6.42 Å². The van der Waals surface area contributed by atoms with E-state index in [0.29, 0.717) is 12.4 Å². The number of carbonyl (C=O) groups excluding carboxylic acids is 1. The Morgan fingerprint density at radius 1 is 1.04 bits per heavy atom. The maximum atomic E-state index is 12.4. The number of hydrogen-bond acceptors (Lipinski definition) is 4. The third kappa shape index (κ3) is 5.06. The van der Waals surface area contributed by atoms with Crippen LogP contribution in [0.5, 0.6) is 5.75 Å². The van der Waals surface area contributed by atoms with Gasteiger partial charge in [0.2, 0.25) is 5.91 Å². The summed E-state index contributed by atoms with van der Waals surface area (Å²) in [7, 11) is -3.90. The molecule has 0 fully saturated rings. The maximum absolute atomic E-state index is 12.4. The minimum absolute atomic E-state index is 0.0295. The molecule has 0 aliphatic heterocycles. The van der Waals surface area contributed by atoms with Gasteiger partial charge in [-0.05, 0) is 42.2 Å². The molecule has 1 N–H and O–H groups in total. The Morgan fingerprint density at radius 3 is 2.20 bits per heavy atom. The molecule has 1 amide bonds. The largest absolute Gasteiger partial charge is 0.494 e. The second kappa shape index (κ2) is 7.70. The lowest BCUT2D eigenvalue weighted by atomic mass is 9.81. The number of hydrogen-bond donors (Lipinski definition) is 1. The SMILES string of the molecule is CCOc1ccc(S(=O)(=O)NC(=O)CC(C)(C)c2ccccc2)cc1. The van der Waals surface area contributed by atoms with E-state index in [-0.39, 0.29) is 11.3 Å². The van der Waals surface area contributed by atoms with Crippen molar-refractivity contribution in [3.63, 3.8) is 0 Å². The molecule has 0 radical (unpaired) electrons. The molecule has 2 aromatic carbocycles. The van der Waals surface area contributed by atoms with Crippen LogP contribution in [0.1, 0.15) is 32.8 Å². The van der Waals surface area contributed by atoms with E-state index in [1.54, 1.807) is 12.1 Å². The van der Waals surface area contributed by atoms with Gasteiger partial charge >= 0.3 is 0 Å². The van der Waals surface area contributed by atoms with Crippen LogP contribution in [-0.2, 0) is 20.2 Å². The van der Waals surface area contributed by atoms with Crippen molar-refractivity contribution in [2.45, 2.75) is 37.5 Å². The Hall–Kier alpha value is -2.34. The van der Waals surface area contributed by atoms with E-state index in [1.807, 2.05) is 51.1 Å². The van der Waals surface area contributed by atoms with Crippen LogP contribution in [0.15, 0.2) is 59.5 Å². The molecule has 0 unspecified atom stereocenters. The molecular formula is C19H23NO4S. The lowest BCUT2D eigenvalue weighted by molar-refractivity contribution is -0.120. The van der Waals surface area contributed by atoms with Gasteiger partial charge in [0.15, 0.2) is 0 Å². The Balaban J connectivity index is 2.08. The molecule has 6 heteroatoms. The van der Waals surface area contributed by atoms with Crippen molar-refractivity contribution >= 4 is 15.9 Å². The first-order chi connectivity index (χ1) is 11.7. The summed E-state index contributed by atoms with van der Waals surface area (Å²) in [6.45, 7) is 6.16. The summed E-state index contributed by atoms with van der Waals surface area (Å²) in [6.07, 6.45) is 0.0628. The van der Waals surface area contributed by atoms with Crippen LogP contribution in [0.3, 0.4) is 0 Å². The van der Waals surface area contributed by atoms with Crippen molar-refractivity contribution in [2.75, 3.05) is 6.61 Å². The third-order valence-corrected chi connectivity index (χ3v) is 5.24. The van der Waals surface area contributed by atoms with Crippen molar-refractivity contribution in [1.82, 2.24) is 4.72 Å². The first kappa shape index (κ1) is 19.0. The number of sulfonamides is 1. The molecule has 0 aromatic heterocycles. The number of carbonyl (C=O) groups is 1. The Kier molecular flexibility index (Phi) is 5.85. The lowest BCUT2D eigenvalue weighted by Crippen LogP contribution is -2.35. The Labute approximate surface area is 149 Å². The number of amides is 1. The summed E-state index contributed by atoms with van der Waals surface area (Å²) in [4.78, 5) is 12.3. The van der Waals surface area contributed by atoms with Crippen LogP contribution >= 0.6 is 0 Å². The summed E-state index contributed by atoms with van der Waals surface area (Å²) in [5.74, 6) is 0.0423. The highest BCUT2D eigenvalue weighted by Gasteiger charge is 2.27. The van der Waals surface area contributed by atoms with Crippen LogP contribution in [-0.4, -0.2) is 20.9 Å². The highest BCUT2D eigenvalue weighted by atomic mass is 32.2. The van der Waals surface area contributed by atoms with Crippen molar-refractivity contribution < 1.29 is 17.9 Å². The fourth-order valence-electron chi connectivity index (χ4n) is 2.52. The van der Waals surface area contributed by atoms with Gasteiger partial charge in [-0.15, -0.1) is 0 Å². The first-order valence-electron chi connectivity index (χ1n) is 8.08. The van der Waals surface area contributed by atoms with E-state index in [9.17, 15) is 13.2 Å². The molecule has 0 spiro atoms. The monoisotopic (exact) mass is 361 g/mol. The van der Waals surface area contributed by atoms with Crippen molar-refractivity contribution in [3.05, 3.63) is 60.2 Å². The maximum Gasteiger partial charge on any atom is 0.264 e. The van der Waals surface area contributed by atoms with Gasteiger partial charge in [0.05, 0.1) is 11.5 Å². The van der Waals surface area contributed by atoms with E-state index < -0.39 is 21.3 Å².